The minimum absolute atomic E-state index is 0.0741. The number of nitrogens with one attached hydrogen (secondary N) is 1. The molecule has 2 rings (SSSR count). The Bertz CT molecular complexity index is 526. The lowest BCUT2D eigenvalue weighted by Crippen LogP contribution is -2.27. The summed E-state index contributed by atoms with van der Waals surface area (Å²) in [5, 5.41) is 22.1. The van der Waals surface area contributed by atoms with E-state index in [-0.39, 0.29) is 11.5 Å². The van der Waals surface area contributed by atoms with E-state index in [1.807, 2.05) is 18.2 Å². The first-order valence-corrected chi connectivity index (χ1v) is 6.43. The molecule has 3 nitrogen and oxygen atoms in total. The van der Waals surface area contributed by atoms with Gasteiger partial charge >= 0.3 is 0 Å². The molecule has 0 aliphatic heterocycles. The Kier molecular flexibility index (Phi) is 4.42. The zero-order chi connectivity index (χ0) is 13.7. The van der Waals surface area contributed by atoms with Crippen LogP contribution >= 0.6 is 0 Å². The molecule has 0 saturated heterocycles. The van der Waals surface area contributed by atoms with Crippen LogP contribution in [-0.2, 0) is 13.0 Å². The lowest BCUT2D eigenvalue weighted by Gasteiger charge is -2.14. The first-order chi connectivity index (χ1) is 9.15. The molecule has 2 aromatic rings. The second kappa shape index (κ2) is 6.25. The molecule has 0 bridgehead atoms. The molecule has 3 N–H and O–H groups in total. The Labute approximate surface area is 113 Å². The minimum Gasteiger partial charge on any atom is -0.504 e. The minimum atomic E-state index is -0.0823. The molecule has 0 saturated carbocycles. The zero-order valence-corrected chi connectivity index (χ0v) is 11.0. The highest BCUT2D eigenvalue weighted by Gasteiger charge is 2.04. The summed E-state index contributed by atoms with van der Waals surface area (Å²) in [7, 11) is 0. The summed E-state index contributed by atoms with van der Waals surface area (Å²) in [5.74, 6) is -0.156. The number of aromatic hydroxyl groups is 2. The lowest BCUT2D eigenvalue weighted by molar-refractivity contribution is 0.402. The van der Waals surface area contributed by atoms with Crippen LogP contribution in [0.15, 0.2) is 48.5 Å². The Morgan fingerprint density at radius 1 is 0.947 bits per heavy atom. The van der Waals surface area contributed by atoms with Crippen molar-refractivity contribution >= 4 is 0 Å². The number of phenolic OH excluding ortho intramolecular Hbond substituents is 2. The van der Waals surface area contributed by atoms with Crippen molar-refractivity contribution in [3.8, 4) is 11.5 Å². The van der Waals surface area contributed by atoms with E-state index in [4.69, 9.17) is 0 Å². The first kappa shape index (κ1) is 13.4. The second-order valence-electron chi connectivity index (χ2n) is 4.79. The standard InChI is InChI=1S/C16H19NO2/c1-12(9-13-5-3-2-4-6-13)17-11-14-7-8-15(18)16(19)10-14/h2-8,10,12,17-19H,9,11H2,1H3. The highest BCUT2D eigenvalue weighted by atomic mass is 16.3. The molecule has 0 aliphatic rings. The van der Waals surface area contributed by atoms with Crippen LogP contribution in [0.25, 0.3) is 0 Å². The third kappa shape index (κ3) is 4.00. The van der Waals surface area contributed by atoms with E-state index in [1.54, 1.807) is 12.1 Å². The molecule has 0 fully saturated rings. The summed E-state index contributed by atoms with van der Waals surface area (Å²) in [6.45, 7) is 2.80. The fourth-order valence-electron chi connectivity index (χ4n) is 2.01. The average Bonchev–Trinajstić information content (AvgIpc) is 2.41. The molecule has 1 atom stereocenters. The maximum Gasteiger partial charge on any atom is 0.157 e. The molecule has 0 aromatic heterocycles. The van der Waals surface area contributed by atoms with Crippen molar-refractivity contribution in [3.05, 3.63) is 59.7 Å². The summed E-state index contributed by atoms with van der Waals surface area (Å²) < 4.78 is 0. The van der Waals surface area contributed by atoms with Gasteiger partial charge in [0.2, 0.25) is 0 Å². The van der Waals surface area contributed by atoms with E-state index in [0.29, 0.717) is 12.6 Å². The normalized spacial score (nSPS) is 12.3. The number of benzene rings is 2. The first-order valence-electron chi connectivity index (χ1n) is 6.43. The smallest absolute Gasteiger partial charge is 0.157 e. The van der Waals surface area contributed by atoms with Crippen LogP contribution in [-0.4, -0.2) is 16.3 Å². The summed E-state index contributed by atoms with van der Waals surface area (Å²) >= 11 is 0. The second-order valence-corrected chi connectivity index (χ2v) is 4.79. The van der Waals surface area contributed by atoms with Crippen LogP contribution in [0.3, 0.4) is 0 Å². The molecule has 3 heteroatoms. The maximum absolute atomic E-state index is 9.42. The predicted molar refractivity (Wildman–Crippen MR) is 76.2 cm³/mol. The molecule has 0 amide bonds. The molecular weight excluding hydrogens is 238 g/mol. The van der Waals surface area contributed by atoms with Gasteiger partial charge < -0.3 is 15.5 Å². The van der Waals surface area contributed by atoms with Crippen LogP contribution in [0.2, 0.25) is 0 Å². The highest BCUT2D eigenvalue weighted by molar-refractivity contribution is 5.40. The van der Waals surface area contributed by atoms with Gasteiger partial charge in [0.05, 0.1) is 0 Å². The summed E-state index contributed by atoms with van der Waals surface area (Å²) in [5.41, 5.74) is 2.26. The van der Waals surface area contributed by atoms with E-state index in [1.165, 1.54) is 11.6 Å². The molecule has 0 radical (unpaired) electrons. The van der Waals surface area contributed by atoms with E-state index in [0.717, 1.165) is 12.0 Å². The van der Waals surface area contributed by atoms with Crippen molar-refractivity contribution in [1.82, 2.24) is 5.32 Å². The molecule has 0 heterocycles. The van der Waals surface area contributed by atoms with Crippen molar-refractivity contribution in [2.24, 2.45) is 0 Å². The van der Waals surface area contributed by atoms with Crippen LogP contribution in [0.5, 0.6) is 11.5 Å². The molecule has 1 unspecified atom stereocenters. The predicted octanol–water partition coefficient (Wildman–Crippen LogP) is 2.82. The van der Waals surface area contributed by atoms with Crippen LogP contribution < -0.4 is 5.32 Å². The molecule has 19 heavy (non-hydrogen) atoms. The van der Waals surface area contributed by atoms with Crippen molar-refractivity contribution in [1.29, 1.82) is 0 Å². The summed E-state index contributed by atoms with van der Waals surface area (Å²) in [6.07, 6.45) is 0.963. The Morgan fingerprint density at radius 2 is 1.68 bits per heavy atom. The average molecular weight is 257 g/mol. The van der Waals surface area contributed by atoms with Gasteiger partial charge in [-0.25, -0.2) is 0 Å². The zero-order valence-electron chi connectivity index (χ0n) is 11.0. The van der Waals surface area contributed by atoms with Crippen LogP contribution in [0.1, 0.15) is 18.1 Å². The number of hydrogen-bond acceptors (Lipinski definition) is 3. The molecule has 0 aliphatic carbocycles. The van der Waals surface area contributed by atoms with Crippen molar-refractivity contribution in [3.63, 3.8) is 0 Å². The van der Waals surface area contributed by atoms with E-state index < -0.39 is 0 Å². The Hall–Kier alpha value is -2.00. The summed E-state index contributed by atoms with van der Waals surface area (Å²) in [4.78, 5) is 0. The fraction of sp³-hybridized carbons (Fsp3) is 0.250. The van der Waals surface area contributed by atoms with Gasteiger partial charge in [-0.15, -0.1) is 0 Å². The van der Waals surface area contributed by atoms with Gasteiger partial charge in [0, 0.05) is 12.6 Å². The van der Waals surface area contributed by atoms with Gasteiger partial charge in [-0.2, -0.15) is 0 Å². The van der Waals surface area contributed by atoms with Crippen LogP contribution in [0.4, 0.5) is 0 Å². The van der Waals surface area contributed by atoms with Crippen molar-refractivity contribution in [2.75, 3.05) is 0 Å². The summed E-state index contributed by atoms with van der Waals surface area (Å²) in [6, 6.07) is 15.6. The fourth-order valence-corrected chi connectivity index (χ4v) is 2.01. The van der Waals surface area contributed by atoms with Crippen LogP contribution in [0, 0.1) is 0 Å². The van der Waals surface area contributed by atoms with Gasteiger partial charge in [-0.05, 0) is 36.6 Å². The van der Waals surface area contributed by atoms with Crippen molar-refractivity contribution in [2.45, 2.75) is 25.9 Å². The van der Waals surface area contributed by atoms with Crippen molar-refractivity contribution < 1.29 is 10.2 Å². The quantitative estimate of drug-likeness (QED) is 0.722. The largest absolute Gasteiger partial charge is 0.504 e. The van der Waals surface area contributed by atoms with E-state index >= 15 is 0 Å². The van der Waals surface area contributed by atoms with Gasteiger partial charge in [0.15, 0.2) is 11.5 Å². The molecule has 2 aromatic carbocycles. The lowest BCUT2D eigenvalue weighted by atomic mass is 10.1. The number of hydrogen-bond donors (Lipinski definition) is 3. The maximum atomic E-state index is 9.42. The molecular formula is C16H19NO2. The number of rotatable bonds is 5. The monoisotopic (exact) mass is 257 g/mol. The Balaban J connectivity index is 1.86. The van der Waals surface area contributed by atoms with Gasteiger partial charge in [-0.1, -0.05) is 36.4 Å². The highest BCUT2D eigenvalue weighted by Crippen LogP contribution is 2.24. The van der Waals surface area contributed by atoms with Gasteiger partial charge in [-0.3, -0.25) is 0 Å². The Morgan fingerprint density at radius 3 is 2.37 bits per heavy atom. The third-order valence-electron chi connectivity index (χ3n) is 3.08. The topological polar surface area (TPSA) is 52.5 Å². The van der Waals surface area contributed by atoms with Gasteiger partial charge in [0.1, 0.15) is 0 Å². The molecule has 0 spiro atoms. The van der Waals surface area contributed by atoms with E-state index in [9.17, 15) is 10.2 Å². The number of phenols is 2. The third-order valence-corrected chi connectivity index (χ3v) is 3.08. The van der Waals surface area contributed by atoms with E-state index in [2.05, 4.69) is 24.4 Å². The van der Waals surface area contributed by atoms with Gasteiger partial charge in [0.25, 0.3) is 0 Å². The molecule has 100 valence electrons. The SMILES string of the molecule is CC(Cc1ccccc1)NCc1ccc(O)c(O)c1.